The molecule has 0 spiro atoms. The molecule has 6 heteroatoms. The molecule has 0 bridgehead atoms. The lowest BCUT2D eigenvalue weighted by atomic mass is 10.2. The van der Waals surface area contributed by atoms with Crippen LogP contribution in [-0.4, -0.2) is 25.5 Å². The fourth-order valence-electron chi connectivity index (χ4n) is 0.951. The molecule has 0 atom stereocenters. The molecule has 1 aromatic rings. The quantitative estimate of drug-likeness (QED) is 0.537. The first-order chi connectivity index (χ1) is 7.54. The first-order valence-corrected chi connectivity index (χ1v) is 4.51. The predicted octanol–water partition coefficient (Wildman–Crippen LogP) is 2.08. The summed E-state index contributed by atoms with van der Waals surface area (Å²) in [6.45, 7) is 3.10. The van der Waals surface area contributed by atoms with Gasteiger partial charge in [0.25, 0.3) is 5.89 Å². The highest BCUT2D eigenvalue weighted by Crippen LogP contribution is 2.21. The average Bonchev–Trinajstić information content (AvgIpc) is 2.64. The lowest BCUT2D eigenvalue weighted by Crippen LogP contribution is -1.89. The third-order valence-electron chi connectivity index (χ3n) is 1.69. The molecule has 0 amide bonds. The Morgan fingerprint density at radius 3 is 2.44 bits per heavy atom. The van der Waals surface area contributed by atoms with Crippen LogP contribution in [0.25, 0.3) is 5.57 Å². The summed E-state index contributed by atoms with van der Waals surface area (Å²) in [5, 5.41) is 30.7. The SMILES string of the molecule is C\C=C(O)/C(=C\C=C(/C)O)c1nc(O)no1. The fraction of sp³-hybridized carbons (Fsp3) is 0.200. The highest BCUT2D eigenvalue weighted by Gasteiger charge is 2.13. The van der Waals surface area contributed by atoms with E-state index in [-0.39, 0.29) is 23.0 Å². The second-order valence-corrected chi connectivity index (χ2v) is 2.96. The molecular formula is C10H12N2O4. The average molecular weight is 224 g/mol. The summed E-state index contributed by atoms with van der Waals surface area (Å²) in [6.07, 6.45) is 4.18. The van der Waals surface area contributed by atoms with Gasteiger partial charge in [0.2, 0.25) is 0 Å². The highest BCUT2D eigenvalue weighted by atomic mass is 16.5. The number of allylic oxidation sites excluding steroid dienone is 5. The van der Waals surface area contributed by atoms with E-state index in [2.05, 4.69) is 10.1 Å². The fourth-order valence-corrected chi connectivity index (χ4v) is 0.951. The molecule has 0 radical (unpaired) electrons. The second-order valence-electron chi connectivity index (χ2n) is 2.96. The smallest absolute Gasteiger partial charge is 0.352 e. The van der Waals surface area contributed by atoms with E-state index in [1.54, 1.807) is 6.92 Å². The molecule has 0 unspecified atom stereocenters. The van der Waals surface area contributed by atoms with Crippen LogP contribution in [0.4, 0.5) is 0 Å². The number of aromatic nitrogens is 2. The Labute approximate surface area is 91.8 Å². The lowest BCUT2D eigenvalue weighted by Gasteiger charge is -1.99. The molecule has 1 heterocycles. The minimum absolute atomic E-state index is 0.0365. The summed E-state index contributed by atoms with van der Waals surface area (Å²) in [6, 6.07) is -0.519. The van der Waals surface area contributed by atoms with E-state index in [0.29, 0.717) is 0 Å². The summed E-state index contributed by atoms with van der Waals surface area (Å²) in [4.78, 5) is 3.56. The van der Waals surface area contributed by atoms with Crippen molar-refractivity contribution in [2.45, 2.75) is 13.8 Å². The number of nitrogens with zero attached hydrogens (tertiary/aromatic N) is 2. The van der Waals surface area contributed by atoms with Gasteiger partial charge < -0.3 is 19.8 Å². The van der Waals surface area contributed by atoms with Crippen LogP contribution in [0.15, 0.2) is 34.3 Å². The van der Waals surface area contributed by atoms with Gasteiger partial charge in [-0.1, -0.05) is 0 Å². The standard InChI is InChI=1S/C10H12N2O4/c1-3-8(14)7(5-4-6(2)13)9-11-10(15)12-16-9/h3-5,13-14H,1-2H3,(H,12,15)/b6-4+,7-5+,8-3+. The highest BCUT2D eigenvalue weighted by molar-refractivity contribution is 5.73. The monoisotopic (exact) mass is 224 g/mol. The van der Waals surface area contributed by atoms with Crippen LogP contribution in [0.5, 0.6) is 6.01 Å². The summed E-state index contributed by atoms with van der Waals surface area (Å²) in [5.41, 5.74) is 0.212. The van der Waals surface area contributed by atoms with E-state index in [0.717, 1.165) is 0 Å². The normalized spacial score (nSPS) is 14.2. The Kier molecular flexibility index (Phi) is 3.71. The van der Waals surface area contributed by atoms with Gasteiger partial charge in [0.1, 0.15) is 5.76 Å². The van der Waals surface area contributed by atoms with E-state index in [1.165, 1.54) is 25.2 Å². The minimum atomic E-state index is -0.519. The Hall–Kier alpha value is -2.24. The lowest BCUT2D eigenvalue weighted by molar-refractivity contribution is 0.351. The van der Waals surface area contributed by atoms with Crippen LogP contribution in [0, 0.1) is 0 Å². The third-order valence-corrected chi connectivity index (χ3v) is 1.69. The number of aromatic hydroxyl groups is 1. The molecule has 0 saturated heterocycles. The van der Waals surface area contributed by atoms with Gasteiger partial charge >= 0.3 is 6.01 Å². The predicted molar refractivity (Wildman–Crippen MR) is 56.7 cm³/mol. The van der Waals surface area contributed by atoms with Gasteiger partial charge in [0, 0.05) is 0 Å². The van der Waals surface area contributed by atoms with E-state index in [1.807, 2.05) is 0 Å². The van der Waals surface area contributed by atoms with Crippen LogP contribution < -0.4 is 0 Å². The Balaban J connectivity index is 3.16. The number of aliphatic hydroxyl groups is 2. The first-order valence-electron chi connectivity index (χ1n) is 4.51. The number of hydrogen-bond acceptors (Lipinski definition) is 6. The van der Waals surface area contributed by atoms with Gasteiger partial charge in [-0.05, 0) is 37.2 Å². The summed E-state index contributed by atoms with van der Waals surface area (Å²) in [5.74, 6) is -0.0723. The van der Waals surface area contributed by atoms with Crippen molar-refractivity contribution in [3.8, 4) is 6.01 Å². The zero-order chi connectivity index (χ0) is 12.1. The summed E-state index contributed by atoms with van der Waals surface area (Å²) in [7, 11) is 0. The number of aliphatic hydroxyl groups excluding tert-OH is 2. The van der Waals surface area contributed by atoms with Gasteiger partial charge in [0.15, 0.2) is 0 Å². The number of rotatable bonds is 3. The molecule has 6 nitrogen and oxygen atoms in total. The summed E-state index contributed by atoms with van der Waals surface area (Å²) >= 11 is 0. The minimum Gasteiger partial charge on any atom is -0.513 e. The molecule has 0 aliphatic heterocycles. The first kappa shape index (κ1) is 11.8. The largest absolute Gasteiger partial charge is 0.513 e. The van der Waals surface area contributed by atoms with Crippen LogP contribution in [-0.2, 0) is 0 Å². The maximum atomic E-state index is 9.57. The molecule has 1 aromatic heterocycles. The molecular weight excluding hydrogens is 212 g/mol. The van der Waals surface area contributed by atoms with Crippen molar-refractivity contribution in [1.29, 1.82) is 0 Å². The van der Waals surface area contributed by atoms with Gasteiger partial charge in [-0.3, -0.25) is 0 Å². The molecule has 1 rings (SSSR count). The van der Waals surface area contributed by atoms with E-state index in [9.17, 15) is 5.11 Å². The molecule has 86 valence electrons. The third kappa shape index (κ3) is 2.88. The topological polar surface area (TPSA) is 99.6 Å². The Morgan fingerprint density at radius 1 is 1.31 bits per heavy atom. The molecule has 3 N–H and O–H groups in total. The molecule has 0 aliphatic rings. The van der Waals surface area contributed by atoms with E-state index < -0.39 is 6.01 Å². The van der Waals surface area contributed by atoms with Crippen molar-refractivity contribution in [1.82, 2.24) is 10.1 Å². The van der Waals surface area contributed by atoms with Crippen LogP contribution in [0.1, 0.15) is 19.7 Å². The molecule has 16 heavy (non-hydrogen) atoms. The van der Waals surface area contributed by atoms with Crippen LogP contribution in [0.2, 0.25) is 0 Å². The molecule has 0 aliphatic carbocycles. The molecule has 0 aromatic carbocycles. The van der Waals surface area contributed by atoms with Crippen molar-refractivity contribution in [2.75, 3.05) is 0 Å². The van der Waals surface area contributed by atoms with Crippen molar-refractivity contribution < 1.29 is 19.8 Å². The summed E-state index contributed by atoms with van der Waals surface area (Å²) < 4.78 is 4.69. The number of hydrogen-bond donors (Lipinski definition) is 3. The van der Waals surface area contributed by atoms with Gasteiger partial charge in [-0.25, -0.2) is 0 Å². The Morgan fingerprint density at radius 2 is 2.00 bits per heavy atom. The molecule has 0 fully saturated rings. The van der Waals surface area contributed by atoms with Crippen LogP contribution in [0.3, 0.4) is 0 Å². The molecule has 0 saturated carbocycles. The van der Waals surface area contributed by atoms with Gasteiger partial charge in [-0.2, -0.15) is 4.98 Å². The maximum Gasteiger partial charge on any atom is 0.352 e. The zero-order valence-electron chi connectivity index (χ0n) is 8.88. The van der Waals surface area contributed by atoms with Gasteiger partial charge in [-0.15, -0.1) is 0 Å². The zero-order valence-corrected chi connectivity index (χ0v) is 8.88. The Bertz CT molecular complexity index is 453. The van der Waals surface area contributed by atoms with Crippen molar-refractivity contribution in [3.63, 3.8) is 0 Å². The van der Waals surface area contributed by atoms with Crippen molar-refractivity contribution >= 4 is 5.57 Å². The van der Waals surface area contributed by atoms with Gasteiger partial charge in [0.05, 0.1) is 11.3 Å². The van der Waals surface area contributed by atoms with Crippen molar-refractivity contribution in [2.24, 2.45) is 0 Å². The van der Waals surface area contributed by atoms with Crippen molar-refractivity contribution in [3.05, 3.63) is 35.6 Å². The van der Waals surface area contributed by atoms with E-state index >= 15 is 0 Å². The second kappa shape index (κ2) is 5.01. The van der Waals surface area contributed by atoms with Crippen LogP contribution >= 0.6 is 0 Å². The van der Waals surface area contributed by atoms with E-state index in [4.69, 9.17) is 14.7 Å². The maximum absolute atomic E-state index is 9.57.